The molecule has 0 spiro atoms. The summed E-state index contributed by atoms with van der Waals surface area (Å²) in [7, 11) is -3.92. The fourth-order valence-electron chi connectivity index (χ4n) is 4.81. The van der Waals surface area contributed by atoms with Gasteiger partial charge in [-0.2, -0.15) is 17.5 Å². The number of piperidine rings is 1. The van der Waals surface area contributed by atoms with Crippen molar-refractivity contribution >= 4 is 32.7 Å². The Morgan fingerprint density at radius 1 is 1.00 bits per heavy atom. The summed E-state index contributed by atoms with van der Waals surface area (Å²) in [4.78, 5) is 16.7. The molecule has 0 aliphatic carbocycles. The lowest BCUT2D eigenvalue weighted by molar-refractivity contribution is -0.137. The van der Waals surface area contributed by atoms with Crippen molar-refractivity contribution in [2.75, 3.05) is 44.2 Å². The quantitative estimate of drug-likeness (QED) is 0.518. The third-order valence-electron chi connectivity index (χ3n) is 6.73. The van der Waals surface area contributed by atoms with Gasteiger partial charge in [-0.05, 0) is 53.5 Å². The van der Waals surface area contributed by atoms with E-state index in [9.17, 15) is 26.4 Å². The number of hydrogen-bond acceptors (Lipinski definition) is 7. The van der Waals surface area contributed by atoms with Gasteiger partial charge in [0.2, 0.25) is 15.9 Å². The number of fused-ring (bicyclic) bond motifs is 1. The van der Waals surface area contributed by atoms with Crippen LogP contribution in [0.5, 0.6) is 0 Å². The number of nitrogens with zero attached hydrogens (tertiary/aromatic N) is 5. The molecule has 36 heavy (non-hydrogen) atoms. The molecule has 9 nitrogen and oxygen atoms in total. The van der Waals surface area contributed by atoms with Crippen molar-refractivity contribution in [3.63, 3.8) is 0 Å². The highest BCUT2D eigenvalue weighted by Gasteiger charge is 2.37. The van der Waals surface area contributed by atoms with E-state index in [0.717, 1.165) is 12.1 Å². The molecule has 1 aromatic heterocycles. The number of amides is 1. The van der Waals surface area contributed by atoms with Crippen molar-refractivity contribution in [1.82, 2.24) is 19.5 Å². The number of halogens is 3. The lowest BCUT2D eigenvalue weighted by Gasteiger charge is -2.39. The zero-order valence-corrected chi connectivity index (χ0v) is 20.0. The average molecular weight is 524 g/mol. The Labute approximate surface area is 205 Å². The monoisotopic (exact) mass is 523 g/mol. The summed E-state index contributed by atoms with van der Waals surface area (Å²) in [6.45, 7) is 1.82. The van der Waals surface area contributed by atoms with E-state index in [2.05, 4.69) is 14.9 Å². The lowest BCUT2D eigenvalue weighted by atomic mass is 9.97. The summed E-state index contributed by atoms with van der Waals surface area (Å²) in [5.74, 6) is -0.636. The Morgan fingerprint density at radius 2 is 1.75 bits per heavy atom. The second kappa shape index (κ2) is 9.36. The van der Waals surface area contributed by atoms with E-state index in [-0.39, 0.29) is 29.4 Å². The minimum atomic E-state index is -4.42. The SMILES string of the molecule is O=C(C1CCCN(S(=O)(=O)c2cccc3nonc23)C1)N1CCN(c2cccc(C(F)(F)F)c2)CC1. The molecule has 5 rings (SSSR count). The van der Waals surface area contributed by atoms with Gasteiger partial charge >= 0.3 is 6.18 Å². The third-order valence-corrected chi connectivity index (χ3v) is 8.63. The van der Waals surface area contributed by atoms with Gasteiger partial charge in [0.05, 0.1) is 11.5 Å². The zero-order valence-electron chi connectivity index (χ0n) is 19.2. The van der Waals surface area contributed by atoms with Gasteiger partial charge in [-0.25, -0.2) is 13.0 Å². The second-order valence-corrected chi connectivity index (χ2v) is 10.9. The van der Waals surface area contributed by atoms with Gasteiger partial charge in [-0.15, -0.1) is 0 Å². The Kier molecular flexibility index (Phi) is 6.37. The first-order chi connectivity index (χ1) is 17.1. The van der Waals surface area contributed by atoms with Gasteiger partial charge in [0.1, 0.15) is 10.4 Å². The van der Waals surface area contributed by atoms with Crippen LogP contribution >= 0.6 is 0 Å². The van der Waals surface area contributed by atoms with Gasteiger partial charge in [-0.3, -0.25) is 4.79 Å². The van der Waals surface area contributed by atoms with Crippen LogP contribution in [-0.4, -0.2) is 73.1 Å². The van der Waals surface area contributed by atoms with Crippen LogP contribution in [0.2, 0.25) is 0 Å². The van der Waals surface area contributed by atoms with Crippen molar-refractivity contribution in [1.29, 1.82) is 0 Å². The molecule has 2 aromatic carbocycles. The molecule has 1 atom stereocenters. The summed E-state index contributed by atoms with van der Waals surface area (Å²) in [5, 5.41) is 7.42. The highest BCUT2D eigenvalue weighted by atomic mass is 32.2. The van der Waals surface area contributed by atoms with Crippen LogP contribution in [0.4, 0.5) is 18.9 Å². The molecule has 3 aromatic rings. The van der Waals surface area contributed by atoms with Crippen LogP contribution < -0.4 is 4.90 Å². The fourth-order valence-corrected chi connectivity index (χ4v) is 6.47. The summed E-state index contributed by atoms with van der Waals surface area (Å²) in [6, 6.07) is 9.77. The van der Waals surface area contributed by atoms with Crippen molar-refractivity contribution in [3.8, 4) is 0 Å². The smallest absolute Gasteiger partial charge is 0.368 e. The molecule has 0 bridgehead atoms. The Hall–Kier alpha value is -3.19. The van der Waals surface area contributed by atoms with Gasteiger partial charge in [0.15, 0.2) is 5.52 Å². The number of aromatic nitrogens is 2. The minimum Gasteiger partial charge on any atom is -0.368 e. The van der Waals surface area contributed by atoms with E-state index < -0.39 is 27.7 Å². The van der Waals surface area contributed by atoms with Crippen molar-refractivity contribution in [2.24, 2.45) is 5.92 Å². The highest BCUT2D eigenvalue weighted by Crippen LogP contribution is 2.32. The summed E-state index contributed by atoms with van der Waals surface area (Å²) in [5.41, 5.74) is 0.235. The molecule has 2 fully saturated rings. The summed E-state index contributed by atoms with van der Waals surface area (Å²) in [6.07, 6.45) is -3.32. The van der Waals surface area contributed by atoms with E-state index in [1.54, 1.807) is 23.1 Å². The molecule has 3 heterocycles. The number of anilines is 1. The van der Waals surface area contributed by atoms with Crippen molar-refractivity contribution in [2.45, 2.75) is 23.9 Å². The lowest BCUT2D eigenvalue weighted by Crippen LogP contribution is -2.53. The van der Waals surface area contributed by atoms with E-state index in [4.69, 9.17) is 0 Å². The largest absolute Gasteiger partial charge is 0.416 e. The summed E-state index contributed by atoms with van der Waals surface area (Å²) >= 11 is 0. The van der Waals surface area contributed by atoms with Gasteiger partial charge in [-0.1, -0.05) is 12.1 Å². The van der Waals surface area contributed by atoms with Gasteiger partial charge in [0.25, 0.3) is 0 Å². The molecule has 0 saturated carbocycles. The van der Waals surface area contributed by atoms with E-state index in [1.165, 1.54) is 16.4 Å². The fraction of sp³-hybridized carbons (Fsp3) is 0.435. The first-order valence-electron chi connectivity index (χ1n) is 11.6. The van der Waals surface area contributed by atoms with E-state index >= 15 is 0 Å². The summed E-state index contributed by atoms with van der Waals surface area (Å²) < 4.78 is 71.9. The molecule has 1 unspecified atom stereocenters. The van der Waals surface area contributed by atoms with Crippen LogP contribution in [0.1, 0.15) is 18.4 Å². The number of sulfonamides is 1. The van der Waals surface area contributed by atoms with Crippen molar-refractivity contribution < 1.29 is 31.0 Å². The van der Waals surface area contributed by atoms with Crippen LogP contribution in [0.25, 0.3) is 11.0 Å². The number of rotatable bonds is 4. The first-order valence-corrected chi connectivity index (χ1v) is 13.0. The van der Waals surface area contributed by atoms with Crippen LogP contribution in [0.3, 0.4) is 0 Å². The molecule has 192 valence electrons. The van der Waals surface area contributed by atoms with Crippen LogP contribution in [0.15, 0.2) is 52.0 Å². The molecular formula is C23H24F3N5O4S. The van der Waals surface area contributed by atoms with Crippen LogP contribution in [-0.2, 0) is 21.0 Å². The topological polar surface area (TPSA) is 99.8 Å². The molecule has 2 aliphatic heterocycles. The normalized spacial score (nSPS) is 20.1. The zero-order chi connectivity index (χ0) is 25.5. The number of piperazine rings is 1. The van der Waals surface area contributed by atoms with Gasteiger partial charge < -0.3 is 9.80 Å². The second-order valence-electron chi connectivity index (χ2n) is 8.95. The molecule has 1 amide bonds. The van der Waals surface area contributed by atoms with E-state index in [1.807, 2.05) is 4.90 Å². The number of alkyl halides is 3. The minimum absolute atomic E-state index is 0.0101. The van der Waals surface area contributed by atoms with E-state index in [0.29, 0.717) is 50.2 Å². The Bertz CT molecular complexity index is 1370. The van der Waals surface area contributed by atoms with Gasteiger partial charge in [0, 0.05) is 45.0 Å². The molecular weight excluding hydrogens is 499 g/mol. The molecule has 2 aliphatic rings. The third kappa shape index (κ3) is 4.64. The molecule has 2 saturated heterocycles. The van der Waals surface area contributed by atoms with Crippen molar-refractivity contribution in [3.05, 3.63) is 48.0 Å². The number of benzene rings is 2. The number of carbonyl (C=O) groups is 1. The average Bonchev–Trinajstić information content (AvgIpc) is 3.37. The molecule has 0 N–H and O–H groups in total. The molecule has 0 radical (unpaired) electrons. The first kappa shape index (κ1) is 24.5. The predicted octanol–water partition coefficient (Wildman–Crippen LogP) is 2.99. The Balaban J connectivity index is 1.25. The highest BCUT2D eigenvalue weighted by molar-refractivity contribution is 7.89. The maximum atomic E-state index is 13.3. The van der Waals surface area contributed by atoms with Crippen LogP contribution in [0, 0.1) is 5.92 Å². The number of hydrogen-bond donors (Lipinski definition) is 0. The standard InChI is InChI=1S/C23H24F3N5O4S/c24-23(25,26)17-5-1-6-18(14-17)29-10-12-30(13-11-29)22(32)16-4-3-9-31(15-16)36(33,34)20-8-2-7-19-21(20)28-35-27-19/h1-2,5-8,14,16H,3-4,9-13,15H2. The molecule has 13 heteroatoms. The maximum Gasteiger partial charge on any atom is 0.416 e. The predicted molar refractivity (Wildman–Crippen MR) is 124 cm³/mol. The number of carbonyl (C=O) groups excluding carboxylic acids is 1. The maximum absolute atomic E-state index is 13.3. The Morgan fingerprint density at radius 3 is 2.50 bits per heavy atom.